The van der Waals surface area contributed by atoms with Crippen molar-refractivity contribution < 1.29 is 5.11 Å². The minimum absolute atomic E-state index is 0.321. The van der Waals surface area contributed by atoms with E-state index in [0.29, 0.717) is 17.6 Å². The van der Waals surface area contributed by atoms with Crippen LogP contribution in [-0.2, 0) is 0 Å². The quantitative estimate of drug-likeness (QED) is 0.807. The van der Waals surface area contributed by atoms with Gasteiger partial charge >= 0.3 is 0 Å². The molecule has 1 aliphatic rings. The largest absolute Gasteiger partial charge is 0.508 e. The lowest BCUT2D eigenvalue weighted by atomic mass is 9.77. The number of hydrogen-bond acceptors (Lipinski definition) is 1. The Morgan fingerprint density at radius 3 is 2.05 bits per heavy atom. The van der Waals surface area contributed by atoms with Gasteiger partial charge in [-0.25, -0.2) is 0 Å². The minimum atomic E-state index is 0.321. The summed E-state index contributed by atoms with van der Waals surface area (Å²) in [5.41, 5.74) is 5.20. The zero-order chi connectivity index (χ0) is 15.5. The number of rotatable bonds is 3. The molecule has 2 atom stereocenters. The molecule has 2 aromatic rings. The maximum Gasteiger partial charge on any atom is 0.115 e. The Kier molecular flexibility index (Phi) is 4.15. The second-order valence-corrected chi connectivity index (χ2v) is 6.19. The lowest BCUT2D eigenvalue weighted by Gasteiger charge is -2.27. The van der Waals surface area contributed by atoms with Crippen molar-refractivity contribution in [3.63, 3.8) is 0 Å². The van der Waals surface area contributed by atoms with Crippen molar-refractivity contribution in [3.05, 3.63) is 89.0 Å². The number of hydrogen-bond donors (Lipinski definition) is 1. The second kappa shape index (κ2) is 6.23. The molecule has 2 unspecified atom stereocenters. The SMILES string of the molecule is CC1=CCC(C(c2ccc(C)cc2)c2ccc(O)cc2)C=C1. The Labute approximate surface area is 132 Å². The van der Waals surface area contributed by atoms with Crippen LogP contribution < -0.4 is 0 Å². The Morgan fingerprint density at radius 2 is 1.50 bits per heavy atom. The fraction of sp³-hybridized carbons (Fsp3) is 0.238. The van der Waals surface area contributed by atoms with Crippen LogP contribution in [0.15, 0.2) is 72.3 Å². The van der Waals surface area contributed by atoms with E-state index in [2.05, 4.69) is 56.3 Å². The topological polar surface area (TPSA) is 20.2 Å². The van der Waals surface area contributed by atoms with E-state index in [4.69, 9.17) is 0 Å². The van der Waals surface area contributed by atoms with Gasteiger partial charge in [-0.1, -0.05) is 65.8 Å². The van der Waals surface area contributed by atoms with Crippen molar-refractivity contribution in [1.82, 2.24) is 0 Å². The van der Waals surface area contributed by atoms with Crippen LogP contribution in [-0.4, -0.2) is 5.11 Å². The van der Waals surface area contributed by atoms with Crippen LogP contribution >= 0.6 is 0 Å². The van der Waals surface area contributed by atoms with Crippen LogP contribution in [0.4, 0.5) is 0 Å². The number of allylic oxidation sites excluding steroid dienone is 4. The average molecular weight is 290 g/mol. The van der Waals surface area contributed by atoms with E-state index in [-0.39, 0.29) is 0 Å². The fourth-order valence-corrected chi connectivity index (χ4v) is 3.13. The summed E-state index contributed by atoms with van der Waals surface area (Å²) in [5, 5.41) is 9.57. The molecule has 0 amide bonds. The van der Waals surface area contributed by atoms with Crippen molar-refractivity contribution in [2.24, 2.45) is 5.92 Å². The summed E-state index contributed by atoms with van der Waals surface area (Å²) in [7, 11) is 0. The highest BCUT2D eigenvalue weighted by molar-refractivity contribution is 5.39. The zero-order valence-electron chi connectivity index (χ0n) is 13.2. The van der Waals surface area contributed by atoms with Gasteiger partial charge in [-0.3, -0.25) is 0 Å². The van der Waals surface area contributed by atoms with Gasteiger partial charge in [0.15, 0.2) is 0 Å². The third-order valence-electron chi connectivity index (χ3n) is 4.44. The molecule has 0 spiro atoms. The lowest BCUT2D eigenvalue weighted by molar-refractivity contribution is 0.474. The molecule has 0 saturated heterocycles. The van der Waals surface area contributed by atoms with Crippen LogP contribution in [0.2, 0.25) is 0 Å². The molecule has 2 aromatic carbocycles. The fourth-order valence-electron chi connectivity index (χ4n) is 3.13. The molecule has 0 heterocycles. The standard InChI is InChI=1S/C21H22O/c1-15-3-7-17(8-4-15)21(18-9-5-16(2)6-10-18)19-11-13-20(22)14-12-19/h3-9,11-14,18,21-22H,10H2,1-2H3. The van der Waals surface area contributed by atoms with Gasteiger partial charge in [0.2, 0.25) is 0 Å². The third-order valence-corrected chi connectivity index (χ3v) is 4.44. The summed E-state index contributed by atoms with van der Waals surface area (Å²) in [5.74, 6) is 1.10. The van der Waals surface area contributed by atoms with Gasteiger partial charge in [0, 0.05) is 5.92 Å². The molecule has 1 aliphatic carbocycles. The van der Waals surface area contributed by atoms with Gasteiger partial charge in [0.25, 0.3) is 0 Å². The molecule has 0 saturated carbocycles. The maximum atomic E-state index is 9.57. The second-order valence-electron chi connectivity index (χ2n) is 6.19. The van der Waals surface area contributed by atoms with Gasteiger partial charge in [0.1, 0.15) is 5.75 Å². The van der Waals surface area contributed by atoms with Crippen molar-refractivity contribution in [1.29, 1.82) is 0 Å². The van der Waals surface area contributed by atoms with Gasteiger partial charge in [-0.15, -0.1) is 0 Å². The molecule has 0 aliphatic heterocycles. The van der Waals surface area contributed by atoms with E-state index in [9.17, 15) is 5.11 Å². The van der Waals surface area contributed by atoms with E-state index in [1.165, 1.54) is 22.3 Å². The Bertz CT molecular complexity index is 644. The normalized spacial score (nSPS) is 18.8. The Morgan fingerprint density at radius 1 is 0.909 bits per heavy atom. The van der Waals surface area contributed by atoms with E-state index in [0.717, 1.165) is 6.42 Å². The molecule has 1 N–H and O–H groups in total. The Balaban J connectivity index is 2.00. The smallest absolute Gasteiger partial charge is 0.115 e. The van der Waals surface area contributed by atoms with Crippen LogP contribution in [0.3, 0.4) is 0 Å². The first-order chi connectivity index (χ1) is 10.6. The van der Waals surface area contributed by atoms with Crippen molar-refractivity contribution in [2.75, 3.05) is 0 Å². The van der Waals surface area contributed by atoms with E-state index < -0.39 is 0 Å². The highest BCUT2D eigenvalue weighted by Crippen LogP contribution is 2.37. The van der Waals surface area contributed by atoms with Gasteiger partial charge in [-0.05, 0) is 49.4 Å². The summed E-state index contributed by atoms with van der Waals surface area (Å²) >= 11 is 0. The molecule has 1 heteroatoms. The van der Waals surface area contributed by atoms with Crippen LogP contribution in [0.5, 0.6) is 5.75 Å². The molecule has 0 aromatic heterocycles. The number of aromatic hydroxyl groups is 1. The first kappa shape index (κ1) is 14.6. The lowest BCUT2D eigenvalue weighted by Crippen LogP contribution is -2.14. The summed E-state index contributed by atoms with van der Waals surface area (Å²) in [6, 6.07) is 16.5. The third kappa shape index (κ3) is 3.14. The molecular weight excluding hydrogens is 268 g/mol. The molecule has 0 bridgehead atoms. The number of benzene rings is 2. The number of aryl methyl sites for hydroxylation is 1. The monoisotopic (exact) mass is 290 g/mol. The molecule has 0 fully saturated rings. The molecular formula is C21H22O. The van der Waals surface area contributed by atoms with Crippen LogP contribution in [0.1, 0.15) is 36.0 Å². The average Bonchev–Trinajstić information content (AvgIpc) is 2.53. The van der Waals surface area contributed by atoms with E-state index in [1.54, 1.807) is 12.1 Å². The summed E-state index contributed by atoms with van der Waals surface area (Å²) in [4.78, 5) is 0. The number of phenolic OH excluding ortho intramolecular Hbond substituents is 1. The van der Waals surface area contributed by atoms with Crippen LogP contribution in [0, 0.1) is 12.8 Å². The summed E-state index contributed by atoms with van der Waals surface area (Å²) in [6.07, 6.45) is 7.91. The van der Waals surface area contributed by atoms with Gasteiger partial charge < -0.3 is 5.11 Å². The first-order valence-electron chi connectivity index (χ1n) is 7.84. The molecule has 0 radical (unpaired) electrons. The Hall–Kier alpha value is -2.28. The molecule has 112 valence electrons. The van der Waals surface area contributed by atoms with Crippen molar-refractivity contribution >= 4 is 0 Å². The first-order valence-corrected chi connectivity index (χ1v) is 7.84. The predicted octanol–water partition coefficient (Wildman–Crippen LogP) is 5.35. The highest BCUT2D eigenvalue weighted by Gasteiger charge is 2.23. The maximum absolute atomic E-state index is 9.57. The molecule has 1 nitrogen and oxygen atoms in total. The van der Waals surface area contributed by atoms with Gasteiger partial charge in [0.05, 0.1) is 0 Å². The van der Waals surface area contributed by atoms with Gasteiger partial charge in [-0.2, -0.15) is 0 Å². The minimum Gasteiger partial charge on any atom is -0.508 e. The van der Waals surface area contributed by atoms with E-state index in [1.807, 2.05) is 12.1 Å². The summed E-state index contributed by atoms with van der Waals surface area (Å²) in [6.45, 7) is 4.26. The van der Waals surface area contributed by atoms with E-state index >= 15 is 0 Å². The number of phenols is 1. The molecule has 3 rings (SSSR count). The summed E-state index contributed by atoms with van der Waals surface area (Å²) < 4.78 is 0. The highest BCUT2D eigenvalue weighted by atomic mass is 16.3. The predicted molar refractivity (Wildman–Crippen MR) is 92.1 cm³/mol. The van der Waals surface area contributed by atoms with Crippen molar-refractivity contribution in [3.8, 4) is 5.75 Å². The molecule has 22 heavy (non-hydrogen) atoms. The zero-order valence-corrected chi connectivity index (χ0v) is 13.2. The van der Waals surface area contributed by atoms with Crippen molar-refractivity contribution in [2.45, 2.75) is 26.2 Å². The van der Waals surface area contributed by atoms with Crippen LogP contribution in [0.25, 0.3) is 0 Å².